The molecule has 4 heterocycles. The number of anilines is 2. The number of hydrogen-bond donors (Lipinski definition) is 4. The van der Waals surface area contributed by atoms with Gasteiger partial charge in [0.05, 0.1) is 34.7 Å². The van der Waals surface area contributed by atoms with E-state index in [1.165, 1.54) is 24.9 Å². The number of nitrogens with one attached hydrogen (secondary N) is 3. The lowest BCUT2D eigenvalue weighted by Gasteiger charge is -2.30. The lowest BCUT2D eigenvalue weighted by Crippen LogP contribution is -2.45. The van der Waals surface area contributed by atoms with Crippen LogP contribution in [0.25, 0.3) is 11.0 Å². The third-order valence-corrected chi connectivity index (χ3v) is 6.97. The van der Waals surface area contributed by atoms with Crippen molar-refractivity contribution in [3.05, 3.63) is 54.4 Å². The standard InChI is InChI=1S/C24H24N6O4S.2ClH/c1-34-20-5-3-16-21(30-20)17(8-11-25-16)28-23(32)24(33)9-6-14(7-10-24)26-12-15-2-4-18-22(27-15)29-19(31)13-35-18;;/h2-6,8-9,11,14,26,33H,7,10,12-13H2,1H3,(H,25,28,32)(H,27,29,31);2*1H/t14-,24+;;/m1../s1. The zero-order chi connectivity index (χ0) is 24.4. The van der Waals surface area contributed by atoms with Gasteiger partial charge < -0.3 is 25.8 Å². The molecule has 1 aliphatic heterocycles. The van der Waals surface area contributed by atoms with Crippen LogP contribution in [0.2, 0.25) is 0 Å². The van der Waals surface area contributed by atoms with Crippen molar-refractivity contribution in [1.82, 2.24) is 20.3 Å². The normalized spacial score (nSPS) is 20.2. The third kappa shape index (κ3) is 6.31. The lowest BCUT2D eigenvalue weighted by molar-refractivity contribution is -0.130. The van der Waals surface area contributed by atoms with E-state index in [1.807, 2.05) is 12.1 Å². The van der Waals surface area contributed by atoms with E-state index in [1.54, 1.807) is 30.5 Å². The Morgan fingerprint density at radius 3 is 2.84 bits per heavy atom. The minimum atomic E-state index is -1.64. The van der Waals surface area contributed by atoms with Crippen molar-refractivity contribution in [3.8, 4) is 5.88 Å². The van der Waals surface area contributed by atoms with Crippen LogP contribution in [0.4, 0.5) is 11.5 Å². The van der Waals surface area contributed by atoms with E-state index in [9.17, 15) is 14.7 Å². The molecule has 1 aliphatic carbocycles. The van der Waals surface area contributed by atoms with Crippen molar-refractivity contribution >= 4 is 70.9 Å². The SMILES string of the molecule is COc1ccc2nccc(NC(=O)[C@]3(O)C=C[C@@H](NCc4ccc5c(n4)NC(=O)CS5)CC3)c2n1.Cl.Cl. The molecule has 5 rings (SSSR count). The number of halogens is 2. The molecule has 10 nitrogen and oxygen atoms in total. The predicted molar refractivity (Wildman–Crippen MR) is 147 cm³/mol. The van der Waals surface area contributed by atoms with Crippen LogP contribution in [-0.4, -0.2) is 56.4 Å². The van der Waals surface area contributed by atoms with Crippen molar-refractivity contribution in [2.45, 2.75) is 35.9 Å². The molecule has 2 atom stereocenters. The number of fused-ring (bicyclic) bond motifs is 2. The van der Waals surface area contributed by atoms with Crippen LogP contribution in [0.15, 0.2) is 53.6 Å². The van der Waals surface area contributed by atoms with Gasteiger partial charge in [0.25, 0.3) is 5.91 Å². The molecule has 0 aromatic carbocycles. The van der Waals surface area contributed by atoms with Crippen molar-refractivity contribution in [3.63, 3.8) is 0 Å². The molecule has 0 radical (unpaired) electrons. The number of methoxy groups -OCH3 is 1. The minimum Gasteiger partial charge on any atom is -0.481 e. The Hall–Kier alpha value is -2.96. The van der Waals surface area contributed by atoms with Crippen molar-refractivity contribution < 1.29 is 19.4 Å². The zero-order valence-electron chi connectivity index (χ0n) is 19.8. The van der Waals surface area contributed by atoms with Crippen LogP contribution in [0, 0.1) is 0 Å². The number of ether oxygens (including phenoxy) is 1. The first-order chi connectivity index (χ1) is 16.9. The first-order valence-electron chi connectivity index (χ1n) is 11.1. The summed E-state index contributed by atoms with van der Waals surface area (Å²) in [6.07, 6.45) is 5.70. The minimum absolute atomic E-state index is 0. The monoisotopic (exact) mass is 564 g/mol. The molecule has 0 bridgehead atoms. The molecule has 3 aromatic heterocycles. The van der Waals surface area contributed by atoms with E-state index in [0.717, 1.165) is 10.6 Å². The molecular formula is C24H26Cl2N6O4S. The first kappa shape index (κ1) is 28.6. The van der Waals surface area contributed by atoms with Crippen LogP contribution in [0.5, 0.6) is 5.88 Å². The quantitative estimate of drug-likeness (QED) is 0.332. The highest BCUT2D eigenvalue weighted by atomic mass is 35.5. The average Bonchev–Trinajstić information content (AvgIpc) is 2.88. The second-order valence-electron chi connectivity index (χ2n) is 8.33. The molecule has 0 saturated carbocycles. The van der Waals surface area contributed by atoms with Crippen molar-refractivity contribution in [2.75, 3.05) is 23.5 Å². The molecule has 196 valence electrons. The molecule has 2 aliphatic rings. The second kappa shape index (κ2) is 12.1. The number of carbonyl (C=O) groups is 2. The number of pyridine rings is 3. The number of hydrogen-bond acceptors (Lipinski definition) is 9. The summed E-state index contributed by atoms with van der Waals surface area (Å²) in [7, 11) is 1.52. The summed E-state index contributed by atoms with van der Waals surface area (Å²) in [6.45, 7) is 0.490. The highest BCUT2D eigenvalue weighted by molar-refractivity contribution is 8.00. The molecular weight excluding hydrogens is 539 g/mol. The fourth-order valence-electron chi connectivity index (χ4n) is 3.98. The van der Waals surface area contributed by atoms with Gasteiger partial charge in [-0.25, -0.2) is 9.97 Å². The number of aliphatic hydroxyl groups is 1. The molecule has 37 heavy (non-hydrogen) atoms. The summed E-state index contributed by atoms with van der Waals surface area (Å²) in [5, 5.41) is 19.9. The second-order valence-corrected chi connectivity index (χ2v) is 9.35. The maximum Gasteiger partial charge on any atom is 0.260 e. The molecule has 0 saturated heterocycles. The van der Waals surface area contributed by atoms with E-state index < -0.39 is 11.5 Å². The van der Waals surface area contributed by atoms with Crippen molar-refractivity contribution in [1.29, 1.82) is 0 Å². The predicted octanol–water partition coefficient (Wildman–Crippen LogP) is 3.10. The van der Waals surface area contributed by atoms with Crippen LogP contribution < -0.4 is 20.7 Å². The number of carbonyl (C=O) groups excluding carboxylic acids is 2. The van der Waals surface area contributed by atoms with Gasteiger partial charge in [0.2, 0.25) is 11.8 Å². The van der Waals surface area contributed by atoms with E-state index >= 15 is 0 Å². The first-order valence-corrected chi connectivity index (χ1v) is 12.1. The fourth-order valence-corrected chi connectivity index (χ4v) is 4.74. The topological polar surface area (TPSA) is 138 Å². The Morgan fingerprint density at radius 2 is 2.08 bits per heavy atom. The Balaban J connectivity index is 0.00000190. The Labute approximate surface area is 229 Å². The van der Waals surface area contributed by atoms with Gasteiger partial charge in [0.1, 0.15) is 11.3 Å². The van der Waals surface area contributed by atoms with E-state index in [2.05, 4.69) is 30.9 Å². The highest BCUT2D eigenvalue weighted by Crippen LogP contribution is 2.30. The van der Waals surface area contributed by atoms with Crippen LogP contribution >= 0.6 is 36.6 Å². The third-order valence-electron chi connectivity index (χ3n) is 5.93. The Morgan fingerprint density at radius 1 is 1.24 bits per heavy atom. The van der Waals surface area contributed by atoms with Gasteiger partial charge in [-0.15, -0.1) is 36.6 Å². The number of aromatic nitrogens is 3. The molecule has 4 N–H and O–H groups in total. The smallest absolute Gasteiger partial charge is 0.260 e. The summed E-state index contributed by atoms with van der Waals surface area (Å²) >= 11 is 1.47. The van der Waals surface area contributed by atoms with Gasteiger partial charge in [-0.05, 0) is 43.2 Å². The average molecular weight is 565 g/mol. The highest BCUT2D eigenvalue weighted by Gasteiger charge is 2.36. The zero-order valence-corrected chi connectivity index (χ0v) is 22.2. The lowest BCUT2D eigenvalue weighted by atomic mass is 9.87. The van der Waals surface area contributed by atoms with E-state index in [0.29, 0.717) is 47.1 Å². The number of rotatable bonds is 6. The van der Waals surface area contributed by atoms with Gasteiger partial charge in [-0.3, -0.25) is 14.6 Å². The number of amides is 2. The Bertz CT molecular complexity index is 1340. The van der Waals surface area contributed by atoms with Crippen LogP contribution in [0.3, 0.4) is 0 Å². The number of nitrogens with zero attached hydrogens (tertiary/aromatic N) is 3. The largest absolute Gasteiger partial charge is 0.481 e. The van der Waals surface area contributed by atoms with Crippen molar-refractivity contribution in [2.24, 2.45) is 0 Å². The van der Waals surface area contributed by atoms with Gasteiger partial charge in [-0.1, -0.05) is 6.08 Å². The fraction of sp³-hybridized carbons (Fsp3) is 0.292. The van der Waals surface area contributed by atoms with Gasteiger partial charge in [0.15, 0.2) is 5.60 Å². The van der Waals surface area contributed by atoms with Crippen LogP contribution in [-0.2, 0) is 16.1 Å². The van der Waals surface area contributed by atoms with E-state index in [4.69, 9.17) is 4.74 Å². The molecule has 3 aromatic rings. The van der Waals surface area contributed by atoms with Crippen LogP contribution in [0.1, 0.15) is 18.5 Å². The summed E-state index contributed by atoms with van der Waals surface area (Å²) < 4.78 is 5.17. The van der Waals surface area contributed by atoms with Gasteiger partial charge >= 0.3 is 0 Å². The maximum atomic E-state index is 13.0. The number of thioether (sulfide) groups is 1. The molecule has 13 heteroatoms. The summed E-state index contributed by atoms with van der Waals surface area (Å²) in [6, 6.07) is 8.94. The molecule has 0 spiro atoms. The maximum absolute atomic E-state index is 13.0. The van der Waals surface area contributed by atoms with Gasteiger partial charge in [-0.2, -0.15) is 0 Å². The molecule has 2 amide bonds. The molecule has 0 fully saturated rings. The molecule has 0 unspecified atom stereocenters. The van der Waals surface area contributed by atoms with Gasteiger partial charge in [0, 0.05) is 24.8 Å². The summed E-state index contributed by atoms with van der Waals surface area (Å²) in [4.78, 5) is 38.7. The Kier molecular flexibility index (Phi) is 9.32. The van der Waals surface area contributed by atoms with E-state index in [-0.39, 0.29) is 43.2 Å². The summed E-state index contributed by atoms with van der Waals surface area (Å²) in [5.74, 6) is 0.807. The summed E-state index contributed by atoms with van der Waals surface area (Å²) in [5.41, 5.74) is 0.692.